The minimum atomic E-state index is 0.365. The number of thioether (sulfide) groups is 1. The van der Waals surface area contributed by atoms with E-state index in [-0.39, 0.29) is 0 Å². The first-order valence-electron chi connectivity index (χ1n) is 8.83. The third-order valence-corrected chi connectivity index (χ3v) is 6.10. The Morgan fingerprint density at radius 3 is 2.31 bits per heavy atom. The van der Waals surface area contributed by atoms with Crippen LogP contribution in [-0.4, -0.2) is 9.55 Å². The minimum Gasteiger partial charge on any atom is -0.302 e. The third-order valence-electron chi connectivity index (χ3n) is 4.78. The summed E-state index contributed by atoms with van der Waals surface area (Å²) in [5.41, 5.74) is 4.77. The van der Waals surface area contributed by atoms with Gasteiger partial charge in [-0.05, 0) is 17.7 Å². The summed E-state index contributed by atoms with van der Waals surface area (Å²) >= 11 is 1.93. The topological polar surface area (TPSA) is 17.8 Å². The molecule has 5 rings (SSSR count). The van der Waals surface area contributed by atoms with Crippen LogP contribution in [0.5, 0.6) is 0 Å². The van der Waals surface area contributed by atoms with Crippen molar-refractivity contribution in [3.05, 3.63) is 103 Å². The lowest BCUT2D eigenvalue weighted by atomic mass is 10.1. The molecule has 0 amide bonds. The Morgan fingerprint density at radius 2 is 1.50 bits per heavy atom. The first-order chi connectivity index (χ1) is 12.9. The van der Waals surface area contributed by atoms with Gasteiger partial charge in [0, 0.05) is 28.3 Å². The van der Waals surface area contributed by atoms with E-state index < -0.39 is 0 Å². The highest BCUT2D eigenvalue weighted by Crippen LogP contribution is 2.43. The smallest absolute Gasteiger partial charge is 0.115 e. The van der Waals surface area contributed by atoms with Gasteiger partial charge in [0.15, 0.2) is 0 Å². The SMILES string of the molecule is c1ccc(-c2cn3c(n2)CC(c2ccccc2)Sc2ccccc2-3)cc1. The molecule has 0 radical (unpaired) electrons. The van der Waals surface area contributed by atoms with Crippen LogP contribution in [0.4, 0.5) is 0 Å². The lowest BCUT2D eigenvalue weighted by molar-refractivity contribution is 0.824. The number of hydrogen-bond donors (Lipinski definition) is 0. The number of nitrogens with zero attached hydrogens (tertiary/aromatic N) is 2. The predicted octanol–water partition coefficient (Wildman–Crippen LogP) is 5.93. The van der Waals surface area contributed by atoms with Crippen LogP contribution >= 0.6 is 11.8 Å². The van der Waals surface area contributed by atoms with E-state index in [2.05, 4.69) is 89.6 Å². The third kappa shape index (κ3) is 2.74. The highest BCUT2D eigenvalue weighted by Gasteiger charge is 2.24. The Kier molecular flexibility index (Phi) is 3.87. The molecule has 0 saturated carbocycles. The minimum absolute atomic E-state index is 0.365. The number of fused-ring (bicyclic) bond motifs is 3. The molecule has 1 unspecified atom stereocenters. The second-order valence-electron chi connectivity index (χ2n) is 6.47. The molecule has 2 nitrogen and oxygen atoms in total. The van der Waals surface area contributed by atoms with E-state index >= 15 is 0 Å². The van der Waals surface area contributed by atoms with Gasteiger partial charge in [-0.25, -0.2) is 4.98 Å². The largest absolute Gasteiger partial charge is 0.302 e. The van der Waals surface area contributed by atoms with E-state index in [9.17, 15) is 0 Å². The summed E-state index contributed by atoms with van der Waals surface area (Å²) in [5.74, 6) is 1.12. The highest BCUT2D eigenvalue weighted by molar-refractivity contribution is 7.99. The number of aromatic nitrogens is 2. The number of para-hydroxylation sites is 1. The maximum absolute atomic E-state index is 5.01. The van der Waals surface area contributed by atoms with Crippen molar-refractivity contribution < 1.29 is 0 Å². The zero-order valence-electron chi connectivity index (χ0n) is 14.2. The van der Waals surface area contributed by atoms with Gasteiger partial charge in [-0.3, -0.25) is 0 Å². The average Bonchev–Trinajstić information content (AvgIpc) is 3.06. The van der Waals surface area contributed by atoms with Gasteiger partial charge in [-0.1, -0.05) is 72.8 Å². The van der Waals surface area contributed by atoms with E-state index in [1.807, 2.05) is 17.8 Å². The molecule has 0 spiro atoms. The van der Waals surface area contributed by atoms with Gasteiger partial charge in [0.1, 0.15) is 5.82 Å². The van der Waals surface area contributed by atoms with Crippen LogP contribution in [0, 0.1) is 0 Å². The molecule has 26 heavy (non-hydrogen) atoms. The van der Waals surface area contributed by atoms with Crippen molar-refractivity contribution in [1.29, 1.82) is 0 Å². The molecule has 1 aromatic heterocycles. The van der Waals surface area contributed by atoms with Crippen molar-refractivity contribution in [2.75, 3.05) is 0 Å². The normalized spacial score (nSPS) is 15.8. The second kappa shape index (κ2) is 6.50. The van der Waals surface area contributed by atoms with Gasteiger partial charge in [0.05, 0.1) is 11.4 Å². The molecule has 3 aromatic carbocycles. The molecule has 126 valence electrons. The lowest BCUT2D eigenvalue weighted by Gasteiger charge is -2.14. The van der Waals surface area contributed by atoms with Crippen LogP contribution < -0.4 is 0 Å². The molecule has 0 aliphatic carbocycles. The first-order valence-corrected chi connectivity index (χ1v) is 9.71. The van der Waals surface area contributed by atoms with Crippen LogP contribution in [0.15, 0.2) is 96.0 Å². The van der Waals surface area contributed by atoms with Crippen molar-refractivity contribution in [1.82, 2.24) is 9.55 Å². The molecular formula is C23H18N2S. The monoisotopic (exact) mass is 354 g/mol. The average molecular weight is 354 g/mol. The van der Waals surface area contributed by atoms with E-state index in [0.717, 1.165) is 23.5 Å². The molecule has 1 aliphatic rings. The maximum atomic E-state index is 5.01. The van der Waals surface area contributed by atoms with Crippen molar-refractivity contribution in [3.8, 4) is 16.9 Å². The maximum Gasteiger partial charge on any atom is 0.115 e. The van der Waals surface area contributed by atoms with Gasteiger partial charge in [0.25, 0.3) is 0 Å². The van der Waals surface area contributed by atoms with E-state index in [0.29, 0.717) is 5.25 Å². The fourth-order valence-corrected chi connectivity index (χ4v) is 4.77. The van der Waals surface area contributed by atoms with Crippen LogP contribution in [0.1, 0.15) is 16.6 Å². The molecule has 0 fully saturated rings. The molecule has 2 heterocycles. The summed E-state index contributed by atoms with van der Waals surface area (Å²) in [6.07, 6.45) is 3.09. The number of benzene rings is 3. The molecule has 4 aromatic rings. The van der Waals surface area contributed by atoms with Gasteiger partial charge >= 0.3 is 0 Å². The highest BCUT2D eigenvalue weighted by atomic mass is 32.2. The van der Waals surface area contributed by atoms with Gasteiger partial charge in [-0.15, -0.1) is 11.8 Å². The summed E-state index contributed by atoms with van der Waals surface area (Å²) in [6, 6.07) is 29.8. The van der Waals surface area contributed by atoms with Crippen molar-refractivity contribution in [2.45, 2.75) is 16.6 Å². The standard InChI is InChI=1S/C23H18N2S/c1-3-9-17(10-4-1)19-16-25-20-13-7-8-14-21(20)26-22(15-23(25)24-19)18-11-5-2-6-12-18/h1-14,16,22H,15H2. The van der Waals surface area contributed by atoms with Crippen LogP contribution in [0.2, 0.25) is 0 Å². The number of hydrogen-bond acceptors (Lipinski definition) is 2. The zero-order valence-corrected chi connectivity index (χ0v) is 15.1. The van der Waals surface area contributed by atoms with E-state index in [1.54, 1.807) is 0 Å². The molecule has 0 saturated heterocycles. The van der Waals surface area contributed by atoms with Crippen molar-refractivity contribution in [3.63, 3.8) is 0 Å². The summed E-state index contributed by atoms with van der Waals surface area (Å²) in [7, 11) is 0. The van der Waals surface area contributed by atoms with Gasteiger partial charge in [-0.2, -0.15) is 0 Å². The van der Waals surface area contributed by atoms with Gasteiger partial charge in [0.2, 0.25) is 0 Å². The van der Waals surface area contributed by atoms with Crippen LogP contribution in [-0.2, 0) is 6.42 Å². The Bertz CT molecular complexity index is 1040. The molecule has 0 bridgehead atoms. The Balaban J connectivity index is 1.66. The zero-order chi connectivity index (χ0) is 17.3. The fourth-order valence-electron chi connectivity index (χ4n) is 3.49. The summed E-state index contributed by atoms with van der Waals surface area (Å²) in [5, 5.41) is 0.365. The quantitative estimate of drug-likeness (QED) is 0.444. The predicted molar refractivity (Wildman–Crippen MR) is 108 cm³/mol. The Morgan fingerprint density at radius 1 is 0.808 bits per heavy atom. The van der Waals surface area contributed by atoms with Crippen LogP contribution in [0.25, 0.3) is 16.9 Å². The number of imidazole rings is 1. The molecule has 1 aliphatic heterocycles. The van der Waals surface area contributed by atoms with Gasteiger partial charge < -0.3 is 4.57 Å². The summed E-state index contributed by atoms with van der Waals surface area (Å²) in [6.45, 7) is 0. The Hall–Kier alpha value is -2.78. The molecule has 3 heteroatoms. The molecular weight excluding hydrogens is 336 g/mol. The van der Waals surface area contributed by atoms with Crippen molar-refractivity contribution in [2.24, 2.45) is 0 Å². The summed E-state index contributed by atoms with van der Waals surface area (Å²) < 4.78 is 2.27. The van der Waals surface area contributed by atoms with Crippen molar-refractivity contribution >= 4 is 11.8 Å². The molecule has 0 N–H and O–H groups in total. The van der Waals surface area contributed by atoms with E-state index in [4.69, 9.17) is 4.98 Å². The number of rotatable bonds is 2. The second-order valence-corrected chi connectivity index (χ2v) is 7.71. The van der Waals surface area contributed by atoms with E-state index in [1.165, 1.54) is 16.1 Å². The first kappa shape index (κ1) is 15.5. The Labute approximate surface area is 157 Å². The lowest BCUT2D eigenvalue weighted by Crippen LogP contribution is -2.02. The fraction of sp³-hybridized carbons (Fsp3) is 0.0870. The summed E-state index contributed by atoms with van der Waals surface area (Å²) in [4.78, 5) is 6.31. The van der Waals surface area contributed by atoms with Crippen LogP contribution in [0.3, 0.4) is 0 Å². The molecule has 1 atom stereocenters.